The highest BCUT2D eigenvalue weighted by Gasteiger charge is 2.23. The number of thiazole rings is 1. The number of hydrogen-bond acceptors (Lipinski definition) is 4. The first-order valence-corrected chi connectivity index (χ1v) is 7.74. The van der Waals surface area contributed by atoms with Crippen molar-refractivity contribution in [2.75, 3.05) is 20.1 Å². The number of rotatable bonds is 6. The molecule has 1 aromatic heterocycles. The van der Waals surface area contributed by atoms with Crippen LogP contribution in [0.25, 0.3) is 0 Å². The molecule has 1 aromatic rings. The van der Waals surface area contributed by atoms with Crippen LogP contribution in [0.1, 0.15) is 35.5 Å². The van der Waals surface area contributed by atoms with Crippen LogP contribution in [0.3, 0.4) is 0 Å². The zero-order valence-corrected chi connectivity index (χ0v) is 14.2. The number of aromatic nitrogens is 1. The maximum absolute atomic E-state index is 12.3. The van der Waals surface area contributed by atoms with Gasteiger partial charge in [0, 0.05) is 18.5 Å². The lowest BCUT2D eigenvalue weighted by Crippen LogP contribution is -2.41. The minimum atomic E-state index is -0.225. The average molecular weight is 309 g/mol. The van der Waals surface area contributed by atoms with Crippen LogP contribution in [0, 0.1) is 13.8 Å². The molecule has 2 amide bonds. The van der Waals surface area contributed by atoms with Gasteiger partial charge in [-0.25, -0.2) is 4.98 Å². The zero-order valence-electron chi connectivity index (χ0n) is 13.3. The lowest BCUT2D eigenvalue weighted by molar-refractivity contribution is -0.138. The summed E-state index contributed by atoms with van der Waals surface area (Å²) in [5.74, 6) is -0.318. The monoisotopic (exact) mass is 309 g/mol. The van der Waals surface area contributed by atoms with E-state index in [4.69, 9.17) is 0 Å². The summed E-state index contributed by atoms with van der Waals surface area (Å²) in [5, 5.41) is 0.993. The predicted molar refractivity (Wildman–Crippen MR) is 85.2 cm³/mol. The van der Waals surface area contributed by atoms with Gasteiger partial charge in [0.15, 0.2) is 0 Å². The van der Waals surface area contributed by atoms with Gasteiger partial charge >= 0.3 is 0 Å². The molecule has 0 aromatic carbocycles. The highest BCUT2D eigenvalue weighted by molar-refractivity contribution is 7.11. The number of carbonyl (C=O) groups is 2. The van der Waals surface area contributed by atoms with Gasteiger partial charge in [0.1, 0.15) is 6.54 Å². The average Bonchev–Trinajstić information content (AvgIpc) is 2.80. The first-order chi connectivity index (χ1) is 9.81. The van der Waals surface area contributed by atoms with Crippen molar-refractivity contribution in [2.45, 2.75) is 33.7 Å². The largest absolute Gasteiger partial charge is 0.337 e. The lowest BCUT2D eigenvalue weighted by atomic mass is 10.2. The van der Waals surface area contributed by atoms with Crippen molar-refractivity contribution in [2.24, 2.45) is 0 Å². The maximum atomic E-state index is 12.3. The first kappa shape index (κ1) is 17.4. The fourth-order valence-electron chi connectivity index (χ4n) is 2.08. The molecule has 0 bridgehead atoms. The van der Waals surface area contributed by atoms with E-state index in [0.29, 0.717) is 6.54 Å². The number of nitrogens with zero attached hydrogens (tertiary/aromatic N) is 3. The van der Waals surface area contributed by atoms with Crippen LogP contribution in [-0.4, -0.2) is 46.7 Å². The van der Waals surface area contributed by atoms with Crippen molar-refractivity contribution >= 4 is 23.2 Å². The Balaban J connectivity index is 2.80. The van der Waals surface area contributed by atoms with Gasteiger partial charge in [0.25, 0.3) is 0 Å². The van der Waals surface area contributed by atoms with Crippen molar-refractivity contribution in [3.05, 3.63) is 28.2 Å². The molecule has 0 aliphatic rings. The Bertz CT molecular complexity index is 539. The van der Waals surface area contributed by atoms with Crippen LogP contribution in [0.5, 0.6) is 0 Å². The molecule has 0 aliphatic carbocycles. The number of amides is 2. The van der Waals surface area contributed by atoms with E-state index >= 15 is 0 Å². The number of carbonyl (C=O) groups excluding carboxylic acids is 2. The Morgan fingerprint density at radius 2 is 2.05 bits per heavy atom. The van der Waals surface area contributed by atoms with E-state index in [2.05, 4.69) is 11.6 Å². The summed E-state index contributed by atoms with van der Waals surface area (Å²) in [6.45, 7) is 11.7. The Morgan fingerprint density at radius 3 is 2.48 bits per heavy atom. The third-order valence-electron chi connectivity index (χ3n) is 3.49. The molecule has 6 heteroatoms. The third-order valence-corrected chi connectivity index (χ3v) is 4.73. The molecule has 1 unspecified atom stereocenters. The van der Waals surface area contributed by atoms with Crippen LogP contribution >= 0.6 is 11.3 Å². The highest BCUT2D eigenvalue weighted by Crippen LogP contribution is 2.28. The van der Waals surface area contributed by atoms with E-state index in [9.17, 15) is 9.59 Å². The molecule has 0 saturated heterocycles. The van der Waals surface area contributed by atoms with Gasteiger partial charge in [0.05, 0.1) is 16.7 Å². The lowest BCUT2D eigenvalue weighted by Gasteiger charge is -2.27. The highest BCUT2D eigenvalue weighted by atomic mass is 32.1. The van der Waals surface area contributed by atoms with Gasteiger partial charge in [-0.1, -0.05) is 6.58 Å². The number of hydrogen-bond donors (Lipinski definition) is 0. The van der Waals surface area contributed by atoms with Crippen molar-refractivity contribution < 1.29 is 9.59 Å². The molecule has 5 nitrogen and oxygen atoms in total. The SMILES string of the molecule is C=CC(=O)N(CC)CC(=O)N(C)C(C)c1sc(C)nc1C. The van der Waals surface area contributed by atoms with Crippen molar-refractivity contribution in [3.63, 3.8) is 0 Å². The van der Waals surface area contributed by atoms with Gasteiger partial charge in [-0.2, -0.15) is 0 Å². The van der Waals surface area contributed by atoms with Crippen LogP contribution < -0.4 is 0 Å². The normalized spacial score (nSPS) is 11.9. The summed E-state index contributed by atoms with van der Waals surface area (Å²) in [5.41, 5.74) is 0.958. The van der Waals surface area contributed by atoms with Crippen molar-refractivity contribution in [1.82, 2.24) is 14.8 Å². The van der Waals surface area contributed by atoms with Crippen molar-refractivity contribution in [1.29, 1.82) is 0 Å². The molecule has 0 aliphatic heterocycles. The molecule has 0 saturated carbocycles. The van der Waals surface area contributed by atoms with Gasteiger partial charge in [-0.3, -0.25) is 9.59 Å². The van der Waals surface area contributed by atoms with Crippen LogP contribution in [0.2, 0.25) is 0 Å². The smallest absolute Gasteiger partial charge is 0.246 e. The zero-order chi connectivity index (χ0) is 16.2. The summed E-state index contributed by atoms with van der Waals surface area (Å²) in [6.07, 6.45) is 1.23. The molecule has 1 rings (SSSR count). The van der Waals surface area contributed by atoms with Gasteiger partial charge < -0.3 is 9.80 Å². The summed E-state index contributed by atoms with van der Waals surface area (Å²) in [4.78, 5) is 32.6. The summed E-state index contributed by atoms with van der Waals surface area (Å²) in [6, 6.07) is -0.0544. The Kier molecular flexibility index (Phi) is 6.08. The molecule has 21 heavy (non-hydrogen) atoms. The van der Waals surface area contributed by atoms with Gasteiger partial charge in [0.2, 0.25) is 11.8 Å². The second-order valence-electron chi connectivity index (χ2n) is 4.92. The summed E-state index contributed by atoms with van der Waals surface area (Å²) < 4.78 is 0. The quantitative estimate of drug-likeness (QED) is 0.758. The third kappa shape index (κ3) is 4.14. The molecular weight excluding hydrogens is 286 g/mol. The van der Waals surface area contributed by atoms with E-state index in [0.717, 1.165) is 15.6 Å². The van der Waals surface area contributed by atoms with Crippen LogP contribution in [0.15, 0.2) is 12.7 Å². The maximum Gasteiger partial charge on any atom is 0.246 e. The van der Waals surface area contributed by atoms with E-state index in [1.54, 1.807) is 23.3 Å². The van der Waals surface area contributed by atoms with Gasteiger partial charge in [-0.15, -0.1) is 11.3 Å². The number of likely N-dealkylation sites (N-methyl/N-ethyl adjacent to an activating group) is 2. The van der Waals surface area contributed by atoms with E-state index in [1.807, 2.05) is 27.7 Å². The molecule has 116 valence electrons. The molecule has 0 N–H and O–H groups in total. The van der Waals surface area contributed by atoms with E-state index in [1.165, 1.54) is 11.0 Å². The summed E-state index contributed by atoms with van der Waals surface area (Å²) >= 11 is 1.60. The first-order valence-electron chi connectivity index (χ1n) is 6.92. The summed E-state index contributed by atoms with van der Waals surface area (Å²) in [7, 11) is 1.76. The van der Waals surface area contributed by atoms with Gasteiger partial charge in [-0.05, 0) is 33.8 Å². The Hall–Kier alpha value is -1.69. The standard InChI is InChI=1S/C15H23N3O2S/c1-7-13(19)18(8-2)9-14(20)17(6)11(4)15-10(3)16-12(5)21-15/h7,11H,1,8-9H2,2-6H3. The molecule has 0 radical (unpaired) electrons. The Labute approximate surface area is 130 Å². The van der Waals surface area contributed by atoms with E-state index < -0.39 is 0 Å². The second-order valence-corrected chi connectivity index (χ2v) is 6.15. The topological polar surface area (TPSA) is 53.5 Å². The Morgan fingerprint density at radius 1 is 1.43 bits per heavy atom. The second kappa shape index (κ2) is 7.36. The molecular formula is C15H23N3O2S. The molecule has 1 heterocycles. The van der Waals surface area contributed by atoms with Crippen LogP contribution in [-0.2, 0) is 9.59 Å². The van der Waals surface area contributed by atoms with Crippen molar-refractivity contribution in [3.8, 4) is 0 Å². The molecule has 1 atom stereocenters. The van der Waals surface area contributed by atoms with Crippen LogP contribution in [0.4, 0.5) is 0 Å². The van der Waals surface area contributed by atoms with E-state index in [-0.39, 0.29) is 24.4 Å². The fourth-order valence-corrected chi connectivity index (χ4v) is 3.10. The predicted octanol–water partition coefficient (Wildman–Crippen LogP) is 2.31. The minimum Gasteiger partial charge on any atom is -0.337 e. The molecule has 0 fully saturated rings. The molecule has 0 spiro atoms. The fraction of sp³-hybridized carbons (Fsp3) is 0.533. The number of aryl methyl sites for hydroxylation is 2. The minimum absolute atomic E-state index is 0.0544.